The molecule has 1 aromatic heterocycles. The molecule has 1 amide bonds. The number of carbonyl (C=O) groups excluding carboxylic acids is 1. The first-order valence-electron chi connectivity index (χ1n) is 6.44. The van der Waals surface area contributed by atoms with E-state index in [-0.39, 0.29) is 29.8 Å². The number of halogens is 1. The summed E-state index contributed by atoms with van der Waals surface area (Å²) in [6.45, 7) is 5.94. The summed E-state index contributed by atoms with van der Waals surface area (Å²) in [5.74, 6) is -0.0794. The van der Waals surface area contributed by atoms with Crippen LogP contribution in [0, 0.1) is 19.8 Å². The SMILES string of the molecule is Cc1nc(NC(=O)C2CCCCC2(C)N)sc1C.Cl. The maximum atomic E-state index is 12.3. The van der Waals surface area contributed by atoms with Crippen LogP contribution in [0.3, 0.4) is 0 Å². The highest BCUT2D eigenvalue weighted by molar-refractivity contribution is 7.15. The van der Waals surface area contributed by atoms with Gasteiger partial charge in [-0.15, -0.1) is 23.7 Å². The van der Waals surface area contributed by atoms with Crippen LogP contribution in [0.1, 0.15) is 43.2 Å². The van der Waals surface area contributed by atoms with Gasteiger partial charge < -0.3 is 11.1 Å². The maximum absolute atomic E-state index is 12.3. The van der Waals surface area contributed by atoms with Crippen LogP contribution in [-0.4, -0.2) is 16.4 Å². The van der Waals surface area contributed by atoms with Gasteiger partial charge in [-0.25, -0.2) is 4.98 Å². The van der Waals surface area contributed by atoms with Crippen LogP contribution in [-0.2, 0) is 4.79 Å². The molecule has 6 heteroatoms. The summed E-state index contributed by atoms with van der Waals surface area (Å²) in [6.07, 6.45) is 4.00. The first-order valence-corrected chi connectivity index (χ1v) is 7.25. The molecule has 0 aromatic carbocycles. The first kappa shape index (κ1) is 16.4. The Labute approximate surface area is 124 Å². The lowest BCUT2D eigenvalue weighted by Gasteiger charge is -2.36. The van der Waals surface area contributed by atoms with Gasteiger partial charge in [-0.2, -0.15) is 0 Å². The molecule has 1 aliphatic rings. The molecule has 1 saturated carbocycles. The Hall–Kier alpha value is -0.650. The topological polar surface area (TPSA) is 68.0 Å². The van der Waals surface area contributed by atoms with Crippen molar-refractivity contribution in [1.82, 2.24) is 4.98 Å². The van der Waals surface area contributed by atoms with Gasteiger partial charge in [0, 0.05) is 10.4 Å². The van der Waals surface area contributed by atoms with Gasteiger partial charge in [-0.1, -0.05) is 12.8 Å². The Morgan fingerprint density at radius 2 is 2.16 bits per heavy atom. The fourth-order valence-corrected chi connectivity index (χ4v) is 3.33. The number of amides is 1. The number of rotatable bonds is 2. The van der Waals surface area contributed by atoms with E-state index in [0.29, 0.717) is 5.13 Å². The highest BCUT2D eigenvalue weighted by Crippen LogP contribution is 2.33. The molecule has 4 nitrogen and oxygen atoms in total. The van der Waals surface area contributed by atoms with Gasteiger partial charge in [0.2, 0.25) is 5.91 Å². The summed E-state index contributed by atoms with van der Waals surface area (Å²) < 4.78 is 0. The lowest BCUT2D eigenvalue weighted by molar-refractivity contribution is -0.122. The zero-order valence-corrected chi connectivity index (χ0v) is 13.3. The van der Waals surface area contributed by atoms with E-state index in [0.717, 1.165) is 36.3 Å². The minimum Gasteiger partial charge on any atom is -0.325 e. The normalized spacial score (nSPS) is 26.6. The predicted molar refractivity (Wildman–Crippen MR) is 82.0 cm³/mol. The summed E-state index contributed by atoms with van der Waals surface area (Å²) in [6, 6.07) is 0. The molecule has 0 spiro atoms. The largest absolute Gasteiger partial charge is 0.325 e. The van der Waals surface area contributed by atoms with Crippen LogP contribution in [0.4, 0.5) is 5.13 Å². The number of nitrogens with two attached hydrogens (primary N) is 1. The molecule has 108 valence electrons. The molecule has 0 bridgehead atoms. The quantitative estimate of drug-likeness (QED) is 0.882. The van der Waals surface area contributed by atoms with Crippen molar-refractivity contribution in [1.29, 1.82) is 0 Å². The minimum atomic E-state index is -0.385. The van der Waals surface area contributed by atoms with E-state index >= 15 is 0 Å². The standard InChI is InChI=1S/C13H21N3OS.ClH/c1-8-9(2)18-12(15-8)16-11(17)10-6-4-5-7-13(10,3)14;/h10H,4-7,14H2,1-3H3,(H,15,16,17);1H. The molecule has 1 aromatic rings. The fraction of sp³-hybridized carbons (Fsp3) is 0.692. The Kier molecular flexibility index (Phi) is 5.35. The molecule has 1 fully saturated rings. The smallest absolute Gasteiger partial charge is 0.231 e. The van der Waals surface area contributed by atoms with E-state index in [4.69, 9.17) is 5.73 Å². The highest BCUT2D eigenvalue weighted by Gasteiger charge is 2.38. The zero-order valence-electron chi connectivity index (χ0n) is 11.7. The summed E-state index contributed by atoms with van der Waals surface area (Å²) in [7, 11) is 0. The summed E-state index contributed by atoms with van der Waals surface area (Å²) in [4.78, 5) is 17.8. The first-order chi connectivity index (χ1) is 8.40. The second-order valence-electron chi connectivity index (χ2n) is 5.45. The van der Waals surface area contributed by atoms with Gasteiger partial charge in [0.05, 0.1) is 11.6 Å². The summed E-state index contributed by atoms with van der Waals surface area (Å²) >= 11 is 1.52. The van der Waals surface area contributed by atoms with E-state index in [9.17, 15) is 4.79 Å². The number of thiazole rings is 1. The Morgan fingerprint density at radius 3 is 2.68 bits per heavy atom. The molecule has 0 saturated heterocycles. The second kappa shape index (κ2) is 6.20. The molecule has 2 rings (SSSR count). The van der Waals surface area contributed by atoms with E-state index < -0.39 is 0 Å². The van der Waals surface area contributed by atoms with Gasteiger partial charge in [-0.05, 0) is 33.6 Å². The lowest BCUT2D eigenvalue weighted by Crippen LogP contribution is -2.51. The number of nitrogens with one attached hydrogen (secondary N) is 1. The Balaban J connectivity index is 0.00000180. The number of anilines is 1. The molecule has 2 unspecified atom stereocenters. The number of nitrogens with zero attached hydrogens (tertiary/aromatic N) is 1. The molecule has 0 radical (unpaired) electrons. The molecular formula is C13H22ClN3OS. The molecule has 1 heterocycles. The monoisotopic (exact) mass is 303 g/mol. The third-order valence-electron chi connectivity index (χ3n) is 3.83. The number of carbonyl (C=O) groups is 1. The molecule has 0 aliphatic heterocycles. The van der Waals surface area contributed by atoms with Crippen LogP contribution in [0.2, 0.25) is 0 Å². The summed E-state index contributed by atoms with van der Waals surface area (Å²) in [5, 5.41) is 3.61. The van der Waals surface area contributed by atoms with Crippen LogP contribution in [0.25, 0.3) is 0 Å². The van der Waals surface area contributed by atoms with Crippen LogP contribution in [0.15, 0.2) is 0 Å². The molecule has 1 aliphatic carbocycles. The lowest BCUT2D eigenvalue weighted by atomic mass is 9.74. The highest BCUT2D eigenvalue weighted by atomic mass is 35.5. The minimum absolute atomic E-state index is 0. The Bertz CT molecular complexity index is 439. The number of hydrogen-bond acceptors (Lipinski definition) is 4. The van der Waals surface area contributed by atoms with Crippen LogP contribution < -0.4 is 11.1 Å². The average Bonchev–Trinajstić information content (AvgIpc) is 2.57. The second-order valence-corrected chi connectivity index (χ2v) is 6.66. The number of aromatic nitrogens is 1. The average molecular weight is 304 g/mol. The van der Waals surface area contributed by atoms with E-state index in [1.165, 1.54) is 11.3 Å². The number of aryl methyl sites for hydroxylation is 2. The van der Waals surface area contributed by atoms with E-state index in [1.54, 1.807) is 0 Å². The van der Waals surface area contributed by atoms with Crippen molar-refractivity contribution >= 4 is 34.8 Å². The van der Waals surface area contributed by atoms with E-state index in [1.807, 2.05) is 20.8 Å². The van der Waals surface area contributed by atoms with Crippen LogP contribution in [0.5, 0.6) is 0 Å². The van der Waals surface area contributed by atoms with E-state index in [2.05, 4.69) is 10.3 Å². The van der Waals surface area contributed by atoms with Crippen molar-refractivity contribution in [2.24, 2.45) is 11.7 Å². The van der Waals surface area contributed by atoms with Crippen molar-refractivity contribution in [3.8, 4) is 0 Å². The van der Waals surface area contributed by atoms with Crippen molar-refractivity contribution in [2.45, 2.75) is 52.0 Å². The zero-order chi connectivity index (χ0) is 13.3. The van der Waals surface area contributed by atoms with Crippen LogP contribution >= 0.6 is 23.7 Å². The fourth-order valence-electron chi connectivity index (χ4n) is 2.51. The third-order valence-corrected chi connectivity index (χ3v) is 4.82. The van der Waals surface area contributed by atoms with Crippen molar-refractivity contribution in [3.05, 3.63) is 10.6 Å². The van der Waals surface area contributed by atoms with Gasteiger partial charge in [0.1, 0.15) is 0 Å². The van der Waals surface area contributed by atoms with Crippen molar-refractivity contribution < 1.29 is 4.79 Å². The molecule has 19 heavy (non-hydrogen) atoms. The molecule has 2 atom stereocenters. The van der Waals surface area contributed by atoms with Crippen molar-refractivity contribution in [2.75, 3.05) is 5.32 Å². The third kappa shape index (κ3) is 3.68. The van der Waals surface area contributed by atoms with Gasteiger partial charge in [-0.3, -0.25) is 4.79 Å². The number of hydrogen-bond donors (Lipinski definition) is 2. The van der Waals surface area contributed by atoms with Gasteiger partial charge in [0.25, 0.3) is 0 Å². The Morgan fingerprint density at radius 1 is 1.47 bits per heavy atom. The van der Waals surface area contributed by atoms with Gasteiger partial charge >= 0.3 is 0 Å². The predicted octanol–water partition coefficient (Wildman–Crippen LogP) is 3.03. The maximum Gasteiger partial charge on any atom is 0.231 e. The van der Waals surface area contributed by atoms with Gasteiger partial charge in [0.15, 0.2) is 5.13 Å². The van der Waals surface area contributed by atoms with Crippen molar-refractivity contribution in [3.63, 3.8) is 0 Å². The summed E-state index contributed by atoms with van der Waals surface area (Å²) in [5.41, 5.74) is 6.83. The molecular weight excluding hydrogens is 282 g/mol. The molecule has 3 N–H and O–H groups in total.